The predicted molar refractivity (Wildman–Crippen MR) is 100.0 cm³/mol. The van der Waals surface area contributed by atoms with Gasteiger partial charge in [0.15, 0.2) is 5.96 Å². The fourth-order valence-corrected chi connectivity index (χ4v) is 2.62. The first-order chi connectivity index (χ1) is 12.5. The summed E-state index contributed by atoms with van der Waals surface area (Å²) in [5.41, 5.74) is 3.10. The number of aliphatic imine (C=N–C) groups is 1. The van der Waals surface area contributed by atoms with E-state index in [-0.39, 0.29) is 18.0 Å². The fraction of sp³-hybridized carbons (Fsp3) is 0.350. The van der Waals surface area contributed by atoms with Gasteiger partial charge in [-0.15, -0.1) is 0 Å². The highest BCUT2D eigenvalue weighted by Crippen LogP contribution is 2.12. The molecular weight excluding hydrogens is 336 g/mol. The van der Waals surface area contributed by atoms with Gasteiger partial charge in [0.05, 0.1) is 13.2 Å². The Morgan fingerprint density at radius 3 is 2.58 bits per heavy atom. The third-order valence-electron chi connectivity index (χ3n) is 4.04. The summed E-state index contributed by atoms with van der Waals surface area (Å²) in [6.45, 7) is 5.28. The van der Waals surface area contributed by atoms with Gasteiger partial charge in [-0.25, -0.2) is 13.8 Å². The smallest absolute Gasteiger partial charge is 0.191 e. The van der Waals surface area contributed by atoms with Gasteiger partial charge >= 0.3 is 0 Å². The summed E-state index contributed by atoms with van der Waals surface area (Å²) in [7, 11) is 0. The van der Waals surface area contributed by atoms with Crippen molar-refractivity contribution in [3.8, 4) is 0 Å². The van der Waals surface area contributed by atoms with Crippen LogP contribution in [0.2, 0.25) is 0 Å². The summed E-state index contributed by atoms with van der Waals surface area (Å²) in [6.07, 6.45) is 0.752. The number of aliphatic hydroxyl groups excluding tert-OH is 1. The molecule has 4 nitrogen and oxygen atoms in total. The number of hydrogen-bond donors (Lipinski definition) is 3. The molecule has 0 bridgehead atoms. The number of aliphatic hydroxyl groups is 1. The number of halogens is 2. The molecule has 140 valence electrons. The summed E-state index contributed by atoms with van der Waals surface area (Å²) in [5, 5.41) is 15.5. The van der Waals surface area contributed by atoms with Crippen molar-refractivity contribution in [3.63, 3.8) is 0 Å². The number of guanidine groups is 1. The first-order valence-corrected chi connectivity index (χ1v) is 8.68. The summed E-state index contributed by atoms with van der Waals surface area (Å²) in [5.74, 6) is 0.0118. The molecule has 0 unspecified atom stereocenters. The van der Waals surface area contributed by atoms with Crippen molar-refractivity contribution < 1.29 is 13.9 Å². The highest BCUT2D eigenvalue weighted by molar-refractivity contribution is 5.79. The van der Waals surface area contributed by atoms with Crippen LogP contribution in [0.15, 0.2) is 41.4 Å². The fourth-order valence-electron chi connectivity index (χ4n) is 2.62. The van der Waals surface area contributed by atoms with E-state index in [2.05, 4.69) is 15.6 Å². The Kier molecular flexibility index (Phi) is 7.53. The van der Waals surface area contributed by atoms with Gasteiger partial charge in [0.2, 0.25) is 0 Å². The number of rotatable bonds is 7. The number of nitrogens with zero attached hydrogens (tertiary/aromatic N) is 1. The van der Waals surface area contributed by atoms with Crippen LogP contribution in [0.3, 0.4) is 0 Å². The van der Waals surface area contributed by atoms with Crippen LogP contribution in [0.5, 0.6) is 0 Å². The average molecular weight is 361 g/mol. The first-order valence-electron chi connectivity index (χ1n) is 8.68. The number of nitrogens with one attached hydrogen (secondary N) is 2. The highest BCUT2D eigenvalue weighted by Gasteiger charge is 2.04. The third-order valence-corrected chi connectivity index (χ3v) is 4.04. The Balaban J connectivity index is 1.95. The van der Waals surface area contributed by atoms with Crippen LogP contribution in [0.4, 0.5) is 8.78 Å². The standard InChI is InChI=1S/C20H25F2N3O/c1-3-23-20(24-9-8-16-5-6-18(21)10-14(16)2)25-12-15-4-7-19(22)17(11-15)13-26/h4-7,10-11,26H,3,8-9,12-13H2,1-2H3,(H2,23,24,25). The van der Waals surface area contributed by atoms with E-state index in [1.807, 2.05) is 13.8 Å². The zero-order valence-electron chi connectivity index (χ0n) is 15.1. The van der Waals surface area contributed by atoms with E-state index in [0.717, 1.165) is 23.1 Å². The summed E-state index contributed by atoms with van der Waals surface area (Å²) in [6, 6.07) is 9.41. The van der Waals surface area contributed by atoms with Gasteiger partial charge in [0.1, 0.15) is 11.6 Å². The first kappa shape index (κ1) is 19.8. The molecule has 0 fully saturated rings. The number of hydrogen-bond acceptors (Lipinski definition) is 2. The Bertz CT molecular complexity index is 763. The zero-order chi connectivity index (χ0) is 18.9. The molecule has 26 heavy (non-hydrogen) atoms. The highest BCUT2D eigenvalue weighted by atomic mass is 19.1. The van der Waals surface area contributed by atoms with Gasteiger partial charge in [-0.2, -0.15) is 0 Å². The molecule has 0 radical (unpaired) electrons. The lowest BCUT2D eigenvalue weighted by atomic mass is 10.1. The largest absolute Gasteiger partial charge is 0.392 e. The molecule has 0 aromatic heterocycles. The predicted octanol–water partition coefficient (Wildman–Crippen LogP) is 3.06. The minimum atomic E-state index is -0.417. The van der Waals surface area contributed by atoms with Crippen molar-refractivity contribution >= 4 is 5.96 Å². The van der Waals surface area contributed by atoms with Gasteiger partial charge in [-0.3, -0.25) is 0 Å². The van der Waals surface area contributed by atoms with Crippen molar-refractivity contribution in [2.24, 2.45) is 4.99 Å². The van der Waals surface area contributed by atoms with Crippen LogP contribution in [-0.4, -0.2) is 24.2 Å². The molecule has 0 saturated carbocycles. The SMILES string of the molecule is CCNC(=NCc1ccc(F)c(CO)c1)NCCc1ccc(F)cc1C. The summed E-state index contributed by atoms with van der Waals surface area (Å²) in [4.78, 5) is 4.49. The minimum absolute atomic E-state index is 0.226. The third kappa shape index (κ3) is 5.81. The van der Waals surface area contributed by atoms with Gasteiger partial charge in [0.25, 0.3) is 0 Å². The molecule has 0 aliphatic carbocycles. The van der Waals surface area contributed by atoms with E-state index < -0.39 is 5.82 Å². The lowest BCUT2D eigenvalue weighted by Crippen LogP contribution is -2.38. The molecular formula is C20H25F2N3O. The molecule has 0 spiro atoms. The Morgan fingerprint density at radius 1 is 1.08 bits per heavy atom. The molecule has 2 aromatic rings. The maximum atomic E-state index is 13.4. The molecule has 0 aliphatic rings. The Hall–Kier alpha value is -2.47. The maximum absolute atomic E-state index is 13.4. The van der Waals surface area contributed by atoms with Crippen LogP contribution >= 0.6 is 0 Å². The van der Waals surface area contributed by atoms with Crippen LogP contribution < -0.4 is 10.6 Å². The van der Waals surface area contributed by atoms with Gasteiger partial charge in [-0.05, 0) is 61.2 Å². The molecule has 2 aromatic carbocycles. The second-order valence-corrected chi connectivity index (χ2v) is 6.03. The van der Waals surface area contributed by atoms with E-state index in [0.29, 0.717) is 25.6 Å². The van der Waals surface area contributed by atoms with E-state index in [1.54, 1.807) is 18.2 Å². The summed E-state index contributed by atoms with van der Waals surface area (Å²) >= 11 is 0. The van der Waals surface area contributed by atoms with Crippen LogP contribution in [0, 0.1) is 18.6 Å². The van der Waals surface area contributed by atoms with Crippen molar-refractivity contribution in [3.05, 3.63) is 70.3 Å². The normalized spacial score (nSPS) is 11.5. The molecule has 0 aliphatic heterocycles. The molecule has 0 atom stereocenters. The molecule has 3 N–H and O–H groups in total. The second-order valence-electron chi connectivity index (χ2n) is 6.03. The van der Waals surface area contributed by atoms with E-state index >= 15 is 0 Å². The number of benzene rings is 2. The van der Waals surface area contributed by atoms with Crippen molar-refractivity contribution in [1.82, 2.24) is 10.6 Å². The molecule has 0 amide bonds. The van der Waals surface area contributed by atoms with Crippen LogP contribution in [0.25, 0.3) is 0 Å². The number of aryl methyl sites for hydroxylation is 1. The molecule has 6 heteroatoms. The molecule has 0 heterocycles. The van der Waals surface area contributed by atoms with Crippen LogP contribution in [0.1, 0.15) is 29.2 Å². The molecule has 0 saturated heterocycles. The zero-order valence-corrected chi connectivity index (χ0v) is 15.1. The van der Waals surface area contributed by atoms with Crippen molar-refractivity contribution in [2.75, 3.05) is 13.1 Å². The van der Waals surface area contributed by atoms with Gasteiger partial charge < -0.3 is 15.7 Å². The van der Waals surface area contributed by atoms with Gasteiger partial charge in [-0.1, -0.05) is 12.1 Å². The quantitative estimate of drug-likeness (QED) is 0.525. The van der Waals surface area contributed by atoms with E-state index in [1.165, 1.54) is 18.2 Å². The Labute approximate surface area is 153 Å². The van der Waals surface area contributed by atoms with Crippen LogP contribution in [-0.2, 0) is 19.6 Å². The maximum Gasteiger partial charge on any atom is 0.191 e. The minimum Gasteiger partial charge on any atom is -0.392 e. The summed E-state index contributed by atoms with van der Waals surface area (Å²) < 4.78 is 26.6. The van der Waals surface area contributed by atoms with Crippen molar-refractivity contribution in [2.45, 2.75) is 33.4 Å². The molecule has 2 rings (SSSR count). The van der Waals surface area contributed by atoms with E-state index in [9.17, 15) is 8.78 Å². The van der Waals surface area contributed by atoms with Gasteiger partial charge in [0, 0.05) is 18.7 Å². The lowest BCUT2D eigenvalue weighted by molar-refractivity contribution is 0.275. The van der Waals surface area contributed by atoms with E-state index in [4.69, 9.17) is 5.11 Å². The lowest BCUT2D eigenvalue weighted by Gasteiger charge is -2.12. The topological polar surface area (TPSA) is 56.7 Å². The monoisotopic (exact) mass is 361 g/mol. The van der Waals surface area contributed by atoms with Crippen molar-refractivity contribution in [1.29, 1.82) is 0 Å². The Morgan fingerprint density at radius 2 is 1.88 bits per heavy atom. The average Bonchev–Trinajstić information content (AvgIpc) is 2.62. The second kappa shape index (κ2) is 9.87.